The predicted molar refractivity (Wildman–Crippen MR) is 129 cm³/mol. The molecule has 3 aromatic rings. The predicted octanol–water partition coefficient (Wildman–Crippen LogP) is 4.09. The maximum absolute atomic E-state index is 12.7. The fourth-order valence-corrected chi connectivity index (χ4v) is 4.97. The molecule has 0 saturated carbocycles. The van der Waals surface area contributed by atoms with Crippen LogP contribution in [-0.2, 0) is 14.8 Å². The van der Waals surface area contributed by atoms with E-state index in [1.807, 2.05) is 38.5 Å². The Balaban J connectivity index is 1.78. The first kappa shape index (κ1) is 24.0. The second kappa shape index (κ2) is 9.48. The van der Waals surface area contributed by atoms with E-state index < -0.39 is 10.0 Å². The summed E-state index contributed by atoms with van der Waals surface area (Å²) in [6.45, 7) is 7.76. The van der Waals surface area contributed by atoms with E-state index in [1.165, 1.54) is 31.9 Å². The second-order valence-electron chi connectivity index (χ2n) is 7.91. The number of thioether (sulfide) groups is 1. The smallest absolute Gasteiger partial charge is 0.242 e. The minimum Gasteiger partial charge on any atom is -0.325 e. The van der Waals surface area contributed by atoms with Crippen molar-refractivity contribution >= 4 is 33.4 Å². The van der Waals surface area contributed by atoms with Crippen LogP contribution in [0.3, 0.4) is 0 Å². The average molecular weight is 473 g/mol. The molecule has 0 radical (unpaired) electrons. The quantitative estimate of drug-likeness (QED) is 0.524. The minimum absolute atomic E-state index is 0.144. The van der Waals surface area contributed by atoms with Crippen molar-refractivity contribution in [1.29, 1.82) is 0 Å². The van der Waals surface area contributed by atoms with Gasteiger partial charge in [-0.15, -0.1) is 0 Å². The van der Waals surface area contributed by atoms with Crippen LogP contribution >= 0.6 is 11.8 Å². The van der Waals surface area contributed by atoms with Crippen molar-refractivity contribution in [3.05, 3.63) is 65.0 Å². The molecular weight excluding hydrogens is 444 g/mol. The summed E-state index contributed by atoms with van der Waals surface area (Å²) in [7, 11) is -0.635. The Bertz CT molecular complexity index is 1260. The van der Waals surface area contributed by atoms with Crippen LogP contribution in [0, 0.1) is 27.7 Å². The van der Waals surface area contributed by atoms with E-state index in [0.29, 0.717) is 10.8 Å². The van der Waals surface area contributed by atoms with Gasteiger partial charge in [0, 0.05) is 32.2 Å². The van der Waals surface area contributed by atoms with Crippen molar-refractivity contribution in [3.8, 4) is 5.69 Å². The third-order valence-electron chi connectivity index (χ3n) is 5.26. The summed E-state index contributed by atoms with van der Waals surface area (Å²) in [6.07, 6.45) is 3.59. The standard InChI is InChI=1S/C23H28N4O3S2/c1-15-7-8-16(2)21(11-15)27-10-9-24-23(27)31-14-22(28)25-20-13-19(12-17(3)18(20)4)32(29,30)26(5)6/h7-13H,14H2,1-6H3,(H,25,28). The van der Waals surface area contributed by atoms with Crippen LogP contribution in [0.2, 0.25) is 0 Å². The van der Waals surface area contributed by atoms with Crippen LogP contribution in [0.15, 0.2) is 52.8 Å². The molecule has 32 heavy (non-hydrogen) atoms. The fourth-order valence-electron chi connectivity index (χ4n) is 3.19. The van der Waals surface area contributed by atoms with Crippen molar-refractivity contribution < 1.29 is 13.2 Å². The Morgan fingerprint density at radius 3 is 2.50 bits per heavy atom. The Morgan fingerprint density at radius 1 is 1.09 bits per heavy atom. The monoisotopic (exact) mass is 472 g/mol. The van der Waals surface area contributed by atoms with Gasteiger partial charge in [-0.1, -0.05) is 23.9 Å². The number of carbonyl (C=O) groups is 1. The topological polar surface area (TPSA) is 84.3 Å². The molecular formula is C23H28N4O3S2. The molecule has 0 atom stereocenters. The Hall–Kier alpha value is -2.62. The van der Waals surface area contributed by atoms with E-state index in [1.54, 1.807) is 12.3 Å². The van der Waals surface area contributed by atoms with Crippen LogP contribution < -0.4 is 5.32 Å². The molecule has 7 nitrogen and oxygen atoms in total. The summed E-state index contributed by atoms with van der Waals surface area (Å²) < 4.78 is 28.2. The van der Waals surface area contributed by atoms with E-state index in [-0.39, 0.29) is 16.6 Å². The molecule has 1 aromatic heterocycles. The average Bonchev–Trinajstić information content (AvgIpc) is 3.19. The fraction of sp³-hybridized carbons (Fsp3) is 0.304. The number of carbonyl (C=O) groups excluding carboxylic acids is 1. The molecule has 0 aliphatic heterocycles. The number of amides is 1. The first-order chi connectivity index (χ1) is 15.0. The lowest BCUT2D eigenvalue weighted by molar-refractivity contribution is -0.113. The molecule has 0 aliphatic carbocycles. The maximum atomic E-state index is 12.7. The highest BCUT2D eigenvalue weighted by molar-refractivity contribution is 7.99. The van der Waals surface area contributed by atoms with Crippen LogP contribution in [-0.4, -0.2) is 48.0 Å². The third-order valence-corrected chi connectivity index (χ3v) is 8.02. The van der Waals surface area contributed by atoms with Gasteiger partial charge in [-0.25, -0.2) is 17.7 Å². The van der Waals surface area contributed by atoms with Gasteiger partial charge in [0.1, 0.15) is 0 Å². The lowest BCUT2D eigenvalue weighted by Crippen LogP contribution is -2.23. The molecule has 9 heteroatoms. The highest BCUT2D eigenvalue weighted by Crippen LogP contribution is 2.27. The molecule has 0 aliphatic rings. The molecule has 0 unspecified atom stereocenters. The normalized spacial score (nSPS) is 11.7. The van der Waals surface area contributed by atoms with Gasteiger partial charge in [0.15, 0.2) is 5.16 Å². The van der Waals surface area contributed by atoms with E-state index in [4.69, 9.17) is 0 Å². The van der Waals surface area contributed by atoms with Crippen molar-refractivity contribution in [3.63, 3.8) is 0 Å². The summed E-state index contributed by atoms with van der Waals surface area (Å²) in [6, 6.07) is 9.34. The lowest BCUT2D eigenvalue weighted by Gasteiger charge is -2.16. The third kappa shape index (κ3) is 5.06. The molecule has 1 N–H and O–H groups in total. The highest BCUT2D eigenvalue weighted by atomic mass is 32.2. The van der Waals surface area contributed by atoms with E-state index >= 15 is 0 Å². The number of hydrogen-bond donors (Lipinski definition) is 1. The zero-order chi connectivity index (χ0) is 23.6. The number of anilines is 1. The Labute approximate surface area is 193 Å². The molecule has 0 spiro atoms. The van der Waals surface area contributed by atoms with Crippen molar-refractivity contribution in [2.75, 3.05) is 25.2 Å². The van der Waals surface area contributed by atoms with Gasteiger partial charge < -0.3 is 5.32 Å². The van der Waals surface area contributed by atoms with Crippen LogP contribution in [0.25, 0.3) is 5.69 Å². The van der Waals surface area contributed by atoms with Crippen molar-refractivity contribution in [1.82, 2.24) is 13.9 Å². The molecule has 0 saturated heterocycles. The number of aromatic nitrogens is 2. The van der Waals surface area contributed by atoms with Crippen molar-refractivity contribution in [2.24, 2.45) is 0 Å². The van der Waals surface area contributed by atoms with Gasteiger partial charge in [0.25, 0.3) is 0 Å². The Morgan fingerprint density at radius 2 is 1.81 bits per heavy atom. The first-order valence-corrected chi connectivity index (χ1v) is 12.5. The molecule has 0 fully saturated rings. The number of sulfonamides is 1. The highest BCUT2D eigenvalue weighted by Gasteiger charge is 2.20. The zero-order valence-electron chi connectivity index (χ0n) is 19.1. The van der Waals surface area contributed by atoms with Gasteiger partial charge in [-0.05, 0) is 68.1 Å². The largest absolute Gasteiger partial charge is 0.325 e. The zero-order valence-corrected chi connectivity index (χ0v) is 20.8. The molecule has 1 heterocycles. The number of aryl methyl sites for hydroxylation is 3. The van der Waals surface area contributed by atoms with Gasteiger partial charge in [-0.3, -0.25) is 9.36 Å². The van der Waals surface area contributed by atoms with Gasteiger partial charge in [0.05, 0.1) is 16.3 Å². The molecule has 3 rings (SSSR count). The molecule has 0 bridgehead atoms. The van der Waals surface area contributed by atoms with Gasteiger partial charge in [-0.2, -0.15) is 0 Å². The first-order valence-electron chi connectivity index (χ1n) is 10.1. The van der Waals surface area contributed by atoms with Crippen LogP contribution in [0.5, 0.6) is 0 Å². The Kier molecular flexibility index (Phi) is 7.12. The summed E-state index contributed by atoms with van der Waals surface area (Å²) in [5, 5.41) is 3.58. The minimum atomic E-state index is -3.60. The van der Waals surface area contributed by atoms with Gasteiger partial charge in [0.2, 0.25) is 15.9 Å². The molecule has 1 amide bonds. The summed E-state index contributed by atoms with van der Waals surface area (Å²) >= 11 is 1.33. The van der Waals surface area contributed by atoms with Crippen LogP contribution in [0.1, 0.15) is 22.3 Å². The number of nitrogens with one attached hydrogen (secondary N) is 1. The SMILES string of the molecule is Cc1ccc(C)c(-n2ccnc2SCC(=O)Nc2cc(S(=O)(=O)N(C)C)cc(C)c2C)c1. The number of benzene rings is 2. The van der Waals surface area contributed by atoms with Gasteiger partial charge >= 0.3 is 0 Å². The van der Waals surface area contributed by atoms with Crippen molar-refractivity contribution in [2.45, 2.75) is 37.7 Å². The number of hydrogen-bond acceptors (Lipinski definition) is 5. The lowest BCUT2D eigenvalue weighted by atomic mass is 10.1. The number of imidazole rings is 1. The summed E-state index contributed by atoms with van der Waals surface area (Å²) in [4.78, 5) is 17.3. The molecule has 170 valence electrons. The summed E-state index contributed by atoms with van der Waals surface area (Å²) in [5.41, 5.74) is 5.41. The van der Waals surface area contributed by atoms with Crippen LogP contribution in [0.4, 0.5) is 5.69 Å². The second-order valence-corrected chi connectivity index (χ2v) is 11.0. The number of nitrogens with zero attached hydrogens (tertiary/aromatic N) is 3. The van der Waals surface area contributed by atoms with E-state index in [9.17, 15) is 13.2 Å². The number of rotatable bonds is 7. The van der Waals surface area contributed by atoms with E-state index in [2.05, 4.69) is 28.5 Å². The summed E-state index contributed by atoms with van der Waals surface area (Å²) in [5.74, 6) is -0.0854. The molecule has 2 aromatic carbocycles. The maximum Gasteiger partial charge on any atom is 0.242 e. The van der Waals surface area contributed by atoms with E-state index in [0.717, 1.165) is 32.2 Å².